The Hall–Kier alpha value is -2.19. The summed E-state index contributed by atoms with van der Waals surface area (Å²) in [6.07, 6.45) is -5.81. The van der Waals surface area contributed by atoms with E-state index in [-0.39, 0.29) is 11.1 Å². The number of ketones is 1. The van der Waals surface area contributed by atoms with E-state index in [0.29, 0.717) is 5.75 Å². The van der Waals surface area contributed by atoms with Crippen LogP contribution >= 0.6 is 0 Å². The molecule has 8 heteroatoms. The Bertz CT molecular complexity index is 861. The second-order valence-corrected chi connectivity index (χ2v) is 9.55. The van der Waals surface area contributed by atoms with Crippen molar-refractivity contribution in [1.29, 1.82) is 0 Å². The largest absolute Gasteiger partial charge is 0.497 e. The fourth-order valence-electron chi connectivity index (χ4n) is 2.67. The summed E-state index contributed by atoms with van der Waals surface area (Å²) in [5.41, 5.74) is -2.87. The van der Waals surface area contributed by atoms with Crippen LogP contribution in [0.15, 0.2) is 54.6 Å². The van der Waals surface area contributed by atoms with Crippen LogP contribution in [0.1, 0.15) is 43.1 Å². The summed E-state index contributed by atoms with van der Waals surface area (Å²) >= 11 is 0. The van der Waals surface area contributed by atoms with Crippen LogP contribution in [0.3, 0.4) is 0 Å². The SMILES string of the molecule is COc1ccc(C(=O)C[C@@](NS(=O)C(C)(C)C)(c2ccccc2)C(F)(F)F)cc1. The van der Waals surface area contributed by atoms with E-state index in [4.69, 9.17) is 4.74 Å². The summed E-state index contributed by atoms with van der Waals surface area (Å²) in [6, 6.07) is 12.9. The van der Waals surface area contributed by atoms with Gasteiger partial charge < -0.3 is 4.74 Å². The number of carbonyl (C=O) groups excluding carboxylic acids is 1. The average molecular weight is 427 g/mol. The normalized spacial score (nSPS) is 15.4. The highest BCUT2D eigenvalue weighted by atomic mass is 32.2. The molecule has 2 atom stereocenters. The van der Waals surface area contributed by atoms with E-state index >= 15 is 0 Å². The van der Waals surface area contributed by atoms with Crippen LogP contribution in [-0.2, 0) is 16.5 Å². The highest BCUT2D eigenvalue weighted by Crippen LogP contribution is 2.43. The predicted octanol–water partition coefficient (Wildman–Crippen LogP) is 4.78. The molecule has 2 aromatic carbocycles. The Morgan fingerprint density at radius 1 is 1.00 bits per heavy atom. The summed E-state index contributed by atoms with van der Waals surface area (Å²) in [4.78, 5) is 12.8. The fourth-order valence-corrected chi connectivity index (χ4v) is 3.60. The molecule has 0 aliphatic carbocycles. The minimum absolute atomic E-state index is 0.110. The summed E-state index contributed by atoms with van der Waals surface area (Å²) in [5, 5.41) is 0. The van der Waals surface area contributed by atoms with Crippen LogP contribution in [0.25, 0.3) is 0 Å². The molecule has 158 valence electrons. The lowest BCUT2D eigenvalue weighted by atomic mass is 9.84. The molecule has 2 aromatic rings. The maximum atomic E-state index is 14.4. The van der Waals surface area contributed by atoms with Gasteiger partial charge in [-0.1, -0.05) is 30.3 Å². The number of Topliss-reactive ketones (excluding diaryl/α,β-unsaturated/α-hetero) is 1. The number of carbonyl (C=O) groups is 1. The van der Waals surface area contributed by atoms with E-state index in [1.807, 2.05) is 0 Å². The van der Waals surface area contributed by atoms with Crippen molar-refractivity contribution in [3.05, 3.63) is 65.7 Å². The number of ether oxygens (including phenoxy) is 1. The molecule has 0 saturated heterocycles. The highest BCUT2D eigenvalue weighted by Gasteiger charge is 2.58. The summed E-state index contributed by atoms with van der Waals surface area (Å²) in [5.74, 6) is -0.245. The van der Waals surface area contributed by atoms with Crippen LogP contribution in [0.2, 0.25) is 0 Å². The number of rotatable bonds is 7. The molecule has 0 heterocycles. The molecule has 0 amide bonds. The molecule has 0 aliphatic heterocycles. The third-order valence-corrected chi connectivity index (χ3v) is 6.06. The summed E-state index contributed by atoms with van der Waals surface area (Å²) < 4.78 is 62.3. The Labute approximate surface area is 171 Å². The van der Waals surface area contributed by atoms with E-state index < -0.39 is 39.7 Å². The van der Waals surface area contributed by atoms with Crippen molar-refractivity contribution in [2.24, 2.45) is 0 Å². The van der Waals surface area contributed by atoms with Gasteiger partial charge in [-0.15, -0.1) is 0 Å². The quantitative estimate of drug-likeness (QED) is 0.647. The van der Waals surface area contributed by atoms with Gasteiger partial charge in [0.05, 0.1) is 22.8 Å². The summed E-state index contributed by atoms with van der Waals surface area (Å²) in [7, 11) is -0.623. The predicted molar refractivity (Wildman–Crippen MR) is 107 cm³/mol. The summed E-state index contributed by atoms with van der Waals surface area (Å²) in [6.45, 7) is 4.69. The molecule has 0 spiro atoms. The third kappa shape index (κ3) is 5.25. The van der Waals surface area contributed by atoms with Gasteiger partial charge in [0.2, 0.25) is 0 Å². The van der Waals surface area contributed by atoms with Crippen molar-refractivity contribution >= 4 is 16.8 Å². The molecule has 0 saturated carbocycles. The number of benzene rings is 2. The highest BCUT2D eigenvalue weighted by molar-refractivity contribution is 7.84. The molecule has 0 fully saturated rings. The minimum Gasteiger partial charge on any atom is -0.497 e. The van der Waals surface area contributed by atoms with Crippen molar-refractivity contribution in [3.63, 3.8) is 0 Å². The molecule has 2 rings (SSSR count). The first-order valence-electron chi connectivity index (χ1n) is 8.90. The van der Waals surface area contributed by atoms with E-state index in [0.717, 1.165) is 0 Å². The van der Waals surface area contributed by atoms with Crippen LogP contribution < -0.4 is 9.46 Å². The first kappa shape index (κ1) is 23.1. The van der Waals surface area contributed by atoms with Gasteiger partial charge >= 0.3 is 6.18 Å². The lowest BCUT2D eigenvalue weighted by Gasteiger charge is -2.38. The van der Waals surface area contributed by atoms with Gasteiger partial charge in [-0.3, -0.25) is 4.79 Å². The number of alkyl halides is 3. The van der Waals surface area contributed by atoms with Crippen molar-refractivity contribution < 1.29 is 26.9 Å². The maximum Gasteiger partial charge on any atom is 0.412 e. The minimum atomic E-state index is -4.88. The zero-order chi connectivity index (χ0) is 21.9. The van der Waals surface area contributed by atoms with E-state index in [2.05, 4.69) is 4.72 Å². The Kier molecular flexibility index (Phi) is 6.90. The Morgan fingerprint density at radius 2 is 1.55 bits per heavy atom. The van der Waals surface area contributed by atoms with Gasteiger partial charge in [-0.25, -0.2) is 8.93 Å². The van der Waals surface area contributed by atoms with Crippen LogP contribution in [0, 0.1) is 0 Å². The molecular weight excluding hydrogens is 403 g/mol. The lowest BCUT2D eigenvalue weighted by molar-refractivity contribution is -0.193. The van der Waals surface area contributed by atoms with Gasteiger partial charge in [0.25, 0.3) is 0 Å². The second kappa shape index (κ2) is 8.67. The first-order valence-corrected chi connectivity index (χ1v) is 10.0. The van der Waals surface area contributed by atoms with E-state index in [9.17, 15) is 22.2 Å². The number of methoxy groups -OCH3 is 1. The van der Waals surface area contributed by atoms with Crippen molar-refractivity contribution in [2.75, 3.05) is 7.11 Å². The Balaban J connectivity index is 2.55. The molecule has 0 aliphatic rings. The van der Waals surface area contributed by atoms with E-state index in [1.54, 1.807) is 26.8 Å². The standard InChI is InChI=1S/C21H24F3NO3S/c1-19(2,3)29(27)25-20(21(22,23)24,16-8-6-5-7-9-16)14-18(26)15-10-12-17(28-4)13-11-15/h5-13,25H,14H2,1-4H3/t20-,29?/m1/s1. The molecule has 1 N–H and O–H groups in total. The van der Waals surface area contributed by atoms with Gasteiger partial charge in [0.1, 0.15) is 5.75 Å². The van der Waals surface area contributed by atoms with Crippen molar-refractivity contribution in [3.8, 4) is 5.75 Å². The van der Waals surface area contributed by atoms with Crippen LogP contribution in [0.4, 0.5) is 13.2 Å². The number of nitrogens with one attached hydrogen (secondary N) is 1. The number of hydrogen-bond acceptors (Lipinski definition) is 3. The number of halogens is 3. The lowest BCUT2D eigenvalue weighted by Crippen LogP contribution is -2.57. The Morgan fingerprint density at radius 3 is 2.00 bits per heavy atom. The topological polar surface area (TPSA) is 55.4 Å². The maximum absolute atomic E-state index is 14.4. The van der Waals surface area contributed by atoms with Gasteiger partial charge in [0, 0.05) is 12.0 Å². The van der Waals surface area contributed by atoms with Crippen molar-refractivity contribution in [2.45, 2.75) is 43.7 Å². The molecule has 0 aromatic heterocycles. The van der Waals surface area contributed by atoms with E-state index in [1.165, 1.54) is 55.6 Å². The monoisotopic (exact) mass is 427 g/mol. The molecule has 0 bridgehead atoms. The zero-order valence-corrected chi connectivity index (χ0v) is 17.5. The van der Waals surface area contributed by atoms with Crippen LogP contribution in [-0.4, -0.2) is 28.0 Å². The molecule has 0 radical (unpaired) electrons. The molecule has 1 unspecified atom stereocenters. The molecule has 4 nitrogen and oxygen atoms in total. The second-order valence-electron chi connectivity index (χ2n) is 7.58. The van der Waals surface area contributed by atoms with Gasteiger partial charge in [-0.05, 0) is 50.6 Å². The fraction of sp³-hybridized carbons (Fsp3) is 0.381. The van der Waals surface area contributed by atoms with Crippen molar-refractivity contribution in [1.82, 2.24) is 4.72 Å². The van der Waals surface area contributed by atoms with Crippen LogP contribution in [0.5, 0.6) is 5.75 Å². The molecular formula is C21H24F3NO3S. The average Bonchev–Trinajstić information content (AvgIpc) is 2.66. The molecule has 29 heavy (non-hydrogen) atoms. The third-order valence-electron chi connectivity index (χ3n) is 4.41. The zero-order valence-electron chi connectivity index (χ0n) is 16.7. The number of hydrogen-bond donors (Lipinski definition) is 1. The van der Waals surface area contributed by atoms with Gasteiger partial charge in [-0.2, -0.15) is 13.2 Å². The van der Waals surface area contributed by atoms with Gasteiger partial charge in [0.15, 0.2) is 11.3 Å². The first-order chi connectivity index (χ1) is 13.4. The smallest absolute Gasteiger partial charge is 0.412 e.